The molecule has 1 heterocycles. The van der Waals surface area contributed by atoms with Crippen LogP contribution in [0.4, 0.5) is 18.9 Å². The molecule has 0 unspecified atom stereocenters. The van der Waals surface area contributed by atoms with Crippen molar-refractivity contribution in [1.29, 1.82) is 0 Å². The highest BCUT2D eigenvalue weighted by Crippen LogP contribution is 2.31. The molecule has 0 saturated carbocycles. The number of piperazine rings is 1. The van der Waals surface area contributed by atoms with Crippen molar-refractivity contribution in [3.63, 3.8) is 0 Å². The van der Waals surface area contributed by atoms with E-state index >= 15 is 0 Å². The van der Waals surface area contributed by atoms with Crippen LogP contribution >= 0.6 is 0 Å². The molecule has 1 aromatic carbocycles. The van der Waals surface area contributed by atoms with E-state index in [1.54, 1.807) is 6.07 Å². The molecule has 112 valence electrons. The normalized spacial score (nSPS) is 17.5. The molecule has 0 atom stereocenters. The fraction of sp³-hybridized carbons (Fsp3) is 0.571. The molecule has 1 aliphatic heterocycles. The summed E-state index contributed by atoms with van der Waals surface area (Å²) in [5, 5.41) is 8.79. The van der Waals surface area contributed by atoms with Crippen molar-refractivity contribution in [3.05, 3.63) is 29.8 Å². The number of aliphatic hydroxyl groups is 1. The summed E-state index contributed by atoms with van der Waals surface area (Å²) in [5.41, 5.74) is 0.0272. The number of nitrogens with zero attached hydrogens (tertiary/aromatic N) is 2. The molecule has 0 radical (unpaired) electrons. The minimum absolute atomic E-state index is 0.174. The van der Waals surface area contributed by atoms with Crippen molar-refractivity contribution in [2.45, 2.75) is 12.6 Å². The molecule has 2 rings (SSSR count). The third-order valence-electron chi connectivity index (χ3n) is 3.54. The van der Waals surface area contributed by atoms with Crippen LogP contribution in [0.25, 0.3) is 0 Å². The first-order valence-corrected chi connectivity index (χ1v) is 6.76. The van der Waals surface area contributed by atoms with E-state index in [1.807, 2.05) is 4.90 Å². The van der Waals surface area contributed by atoms with Gasteiger partial charge in [0.2, 0.25) is 0 Å². The van der Waals surface area contributed by atoms with Crippen LogP contribution in [0.2, 0.25) is 0 Å². The van der Waals surface area contributed by atoms with E-state index in [0.29, 0.717) is 18.8 Å². The first-order chi connectivity index (χ1) is 9.50. The van der Waals surface area contributed by atoms with Crippen LogP contribution in [0, 0.1) is 0 Å². The van der Waals surface area contributed by atoms with Gasteiger partial charge in [0.1, 0.15) is 0 Å². The van der Waals surface area contributed by atoms with Gasteiger partial charge in [-0.05, 0) is 24.6 Å². The molecule has 0 aromatic heterocycles. The minimum atomic E-state index is -4.29. The zero-order valence-corrected chi connectivity index (χ0v) is 11.2. The van der Waals surface area contributed by atoms with Crippen molar-refractivity contribution in [3.8, 4) is 0 Å². The first-order valence-electron chi connectivity index (χ1n) is 6.76. The lowest BCUT2D eigenvalue weighted by Gasteiger charge is -2.36. The second kappa shape index (κ2) is 6.45. The van der Waals surface area contributed by atoms with Gasteiger partial charge in [0.25, 0.3) is 0 Å². The molecular weight excluding hydrogens is 269 g/mol. The summed E-state index contributed by atoms with van der Waals surface area (Å²) in [4.78, 5) is 4.20. The van der Waals surface area contributed by atoms with E-state index in [4.69, 9.17) is 5.11 Å². The largest absolute Gasteiger partial charge is 0.416 e. The number of halogens is 3. The highest BCUT2D eigenvalue weighted by atomic mass is 19.4. The predicted octanol–water partition coefficient (Wildman–Crippen LogP) is 2.21. The topological polar surface area (TPSA) is 26.7 Å². The highest BCUT2D eigenvalue weighted by molar-refractivity contribution is 5.49. The Morgan fingerprint density at radius 2 is 1.80 bits per heavy atom. The van der Waals surface area contributed by atoms with Crippen molar-refractivity contribution >= 4 is 5.69 Å². The summed E-state index contributed by atoms with van der Waals surface area (Å²) in [6.07, 6.45) is -3.55. The van der Waals surface area contributed by atoms with Crippen LogP contribution in [-0.2, 0) is 6.18 Å². The van der Waals surface area contributed by atoms with E-state index in [-0.39, 0.29) is 6.61 Å². The van der Waals surface area contributed by atoms with Crippen molar-refractivity contribution < 1.29 is 18.3 Å². The van der Waals surface area contributed by atoms with Gasteiger partial charge in [-0.15, -0.1) is 0 Å². The summed E-state index contributed by atoms with van der Waals surface area (Å²) in [5.74, 6) is 0. The zero-order valence-electron chi connectivity index (χ0n) is 11.2. The number of hydrogen-bond donors (Lipinski definition) is 1. The molecule has 0 bridgehead atoms. The molecule has 0 spiro atoms. The SMILES string of the molecule is OCCCN1CCN(c2cccc(C(F)(F)F)c2)CC1. The maximum absolute atomic E-state index is 12.7. The summed E-state index contributed by atoms with van der Waals surface area (Å²) >= 11 is 0. The average molecular weight is 288 g/mol. The fourth-order valence-corrected chi connectivity index (χ4v) is 2.40. The molecule has 1 saturated heterocycles. The maximum Gasteiger partial charge on any atom is 0.416 e. The number of aliphatic hydroxyl groups excluding tert-OH is 1. The van der Waals surface area contributed by atoms with Crippen LogP contribution in [-0.4, -0.2) is 49.3 Å². The Morgan fingerprint density at radius 3 is 2.40 bits per heavy atom. The zero-order chi connectivity index (χ0) is 14.6. The first kappa shape index (κ1) is 15.1. The van der Waals surface area contributed by atoms with Crippen molar-refractivity contribution in [1.82, 2.24) is 4.90 Å². The molecule has 3 nitrogen and oxygen atoms in total. The Hall–Kier alpha value is -1.27. The molecular formula is C14H19F3N2O. The van der Waals surface area contributed by atoms with E-state index in [1.165, 1.54) is 12.1 Å². The minimum Gasteiger partial charge on any atom is -0.396 e. The van der Waals surface area contributed by atoms with Gasteiger partial charge in [-0.3, -0.25) is 4.90 Å². The van der Waals surface area contributed by atoms with Gasteiger partial charge in [0.15, 0.2) is 0 Å². The highest BCUT2D eigenvalue weighted by Gasteiger charge is 2.31. The summed E-state index contributed by atoms with van der Waals surface area (Å²) < 4.78 is 38.1. The quantitative estimate of drug-likeness (QED) is 0.920. The van der Waals surface area contributed by atoms with E-state index in [2.05, 4.69) is 4.90 Å². The summed E-state index contributed by atoms with van der Waals surface area (Å²) in [7, 11) is 0. The van der Waals surface area contributed by atoms with Crippen LogP contribution in [0.15, 0.2) is 24.3 Å². The molecule has 1 aliphatic rings. The number of alkyl halides is 3. The third-order valence-corrected chi connectivity index (χ3v) is 3.54. The van der Waals surface area contributed by atoms with Crippen LogP contribution in [0.5, 0.6) is 0 Å². The Morgan fingerprint density at radius 1 is 1.10 bits per heavy atom. The Bertz CT molecular complexity index is 429. The molecule has 20 heavy (non-hydrogen) atoms. The number of anilines is 1. The van der Waals surface area contributed by atoms with Gasteiger partial charge < -0.3 is 10.0 Å². The predicted molar refractivity (Wildman–Crippen MR) is 71.8 cm³/mol. The average Bonchev–Trinajstić information content (AvgIpc) is 2.45. The van der Waals surface area contributed by atoms with Crippen LogP contribution < -0.4 is 4.90 Å². The molecule has 6 heteroatoms. The van der Waals surface area contributed by atoms with Gasteiger partial charge in [-0.25, -0.2) is 0 Å². The summed E-state index contributed by atoms with van der Waals surface area (Å²) in [6.45, 7) is 4.08. The molecule has 1 fully saturated rings. The second-order valence-corrected chi connectivity index (χ2v) is 4.95. The number of rotatable bonds is 4. The lowest BCUT2D eigenvalue weighted by atomic mass is 10.1. The van der Waals surface area contributed by atoms with Gasteiger partial charge >= 0.3 is 6.18 Å². The van der Waals surface area contributed by atoms with Crippen molar-refractivity contribution in [2.75, 3.05) is 44.2 Å². The van der Waals surface area contributed by atoms with E-state index < -0.39 is 11.7 Å². The third kappa shape index (κ3) is 3.86. The molecule has 1 aromatic rings. The smallest absolute Gasteiger partial charge is 0.396 e. The molecule has 0 aliphatic carbocycles. The van der Waals surface area contributed by atoms with Gasteiger partial charge in [0.05, 0.1) is 5.56 Å². The Kier molecular flexibility index (Phi) is 4.88. The van der Waals surface area contributed by atoms with Crippen molar-refractivity contribution in [2.24, 2.45) is 0 Å². The summed E-state index contributed by atoms with van der Waals surface area (Å²) in [6, 6.07) is 5.49. The van der Waals surface area contributed by atoms with E-state index in [9.17, 15) is 13.2 Å². The lowest BCUT2D eigenvalue weighted by molar-refractivity contribution is -0.137. The number of benzene rings is 1. The van der Waals surface area contributed by atoms with Gasteiger partial charge in [-0.1, -0.05) is 6.07 Å². The Balaban J connectivity index is 1.97. The molecule has 0 amide bonds. The maximum atomic E-state index is 12.7. The lowest BCUT2D eigenvalue weighted by Crippen LogP contribution is -2.46. The van der Waals surface area contributed by atoms with Gasteiger partial charge in [-0.2, -0.15) is 13.2 Å². The number of hydrogen-bond acceptors (Lipinski definition) is 3. The van der Waals surface area contributed by atoms with E-state index in [0.717, 1.165) is 32.1 Å². The standard InChI is InChI=1S/C14H19F3N2O/c15-14(16,17)12-3-1-4-13(11-12)19-8-6-18(7-9-19)5-2-10-20/h1,3-4,11,20H,2,5-10H2. The molecule has 1 N–H and O–H groups in total. The van der Waals surface area contributed by atoms with Crippen LogP contribution in [0.3, 0.4) is 0 Å². The monoisotopic (exact) mass is 288 g/mol. The second-order valence-electron chi connectivity index (χ2n) is 4.95. The fourth-order valence-electron chi connectivity index (χ4n) is 2.40. The Labute approximate surface area is 116 Å². The van der Waals surface area contributed by atoms with Gasteiger partial charge in [0, 0.05) is 45.0 Å². The van der Waals surface area contributed by atoms with Crippen LogP contribution in [0.1, 0.15) is 12.0 Å².